The third kappa shape index (κ3) is 2.82. The maximum Gasteiger partial charge on any atom is 0.223 e. The van der Waals surface area contributed by atoms with Crippen LogP contribution in [0.25, 0.3) is 0 Å². The standard InChI is InChI=1S/C14H22N2O3/c1-10-5-3-4-6-16(10)8-12-14(19)13(18)7-11(9-17)15(12)2/h7,10,17,19H,3-6,8-9H2,1-2H3. The molecule has 1 aliphatic heterocycles. The van der Waals surface area contributed by atoms with E-state index < -0.39 is 5.43 Å². The van der Waals surface area contributed by atoms with E-state index in [0.29, 0.717) is 24.0 Å². The van der Waals surface area contributed by atoms with Gasteiger partial charge in [0.05, 0.1) is 12.3 Å². The fourth-order valence-corrected chi connectivity index (χ4v) is 2.71. The summed E-state index contributed by atoms with van der Waals surface area (Å²) in [5, 5.41) is 19.2. The van der Waals surface area contributed by atoms with Gasteiger partial charge in [0.15, 0.2) is 5.75 Å². The first-order chi connectivity index (χ1) is 9.04. The Bertz CT molecular complexity index is 510. The van der Waals surface area contributed by atoms with E-state index >= 15 is 0 Å². The second kappa shape index (κ2) is 5.75. The molecule has 0 bridgehead atoms. The summed E-state index contributed by atoms with van der Waals surface area (Å²) >= 11 is 0. The molecule has 2 rings (SSSR count). The molecule has 0 aliphatic carbocycles. The van der Waals surface area contributed by atoms with Crippen molar-refractivity contribution in [1.29, 1.82) is 0 Å². The Kier molecular flexibility index (Phi) is 4.27. The highest BCUT2D eigenvalue weighted by molar-refractivity contribution is 5.29. The van der Waals surface area contributed by atoms with E-state index in [-0.39, 0.29) is 12.4 Å². The Hall–Kier alpha value is -1.33. The van der Waals surface area contributed by atoms with Crippen LogP contribution >= 0.6 is 0 Å². The summed E-state index contributed by atoms with van der Waals surface area (Å²) in [6.45, 7) is 3.50. The number of pyridine rings is 1. The monoisotopic (exact) mass is 266 g/mol. The molecular formula is C14H22N2O3. The highest BCUT2D eigenvalue weighted by Gasteiger charge is 2.21. The van der Waals surface area contributed by atoms with Crippen LogP contribution in [-0.4, -0.2) is 32.3 Å². The van der Waals surface area contributed by atoms with Gasteiger partial charge in [-0.2, -0.15) is 0 Å². The molecule has 1 fully saturated rings. The van der Waals surface area contributed by atoms with Crippen molar-refractivity contribution in [2.45, 2.75) is 45.4 Å². The normalized spacial score (nSPS) is 20.7. The lowest BCUT2D eigenvalue weighted by molar-refractivity contribution is 0.146. The Morgan fingerprint density at radius 1 is 1.42 bits per heavy atom. The fraction of sp³-hybridized carbons (Fsp3) is 0.643. The van der Waals surface area contributed by atoms with Crippen molar-refractivity contribution in [2.75, 3.05) is 6.54 Å². The summed E-state index contributed by atoms with van der Waals surface area (Å²) in [4.78, 5) is 14.0. The highest BCUT2D eigenvalue weighted by Crippen LogP contribution is 2.22. The van der Waals surface area contributed by atoms with E-state index in [2.05, 4.69) is 11.8 Å². The number of nitrogens with zero attached hydrogens (tertiary/aromatic N) is 2. The number of aliphatic hydroxyl groups is 1. The topological polar surface area (TPSA) is 65.7 Å². The summed E-state index contributed by atoms with van der Waals surface area (Å²) in [7, 11) is 1.77. The minimum Gasteiger partial charge on any atom is -0.503 e. The number of likely N-dealkylation sites (tertiary alicyclic amines) is 1. The molecule has 0 amide bonds. The molecule has 1 aromatic rings. The maximum atomic E-state index is 11.7. The molecule has 1 saturated heterocycles. The second-order valence-corrected chi connectivity index (χ2v) is 5.33. The van der Waals surface area contributed by atoms with Crippen molar-refractivity contribution in [2.24, 2.45) is 7.05 Å². The predicted octanol–water partition coefficient (Wildman–Crippen LogP) is 0.958. The molecule has 5 heteroatoms. The molecule has 2 N–H and O–H groups in total. The number of aromatic nitrogens is 1. The number of rotatable bonds is 3. The van der Waals surface area contributed by atoms with Crippen LogP contribution in [0.3, 0.4) is 0 Å². The van der Waals surface area contributed by atoms with Gasteiger partial charge in [-0.3, -0.25) is 9.69 Å². The minimum atomic E-state index is -0.415. The lowest BCUT2D eigenvalue weighted by Gasteiger charge is -2.34. The second-order valence-electron chi connectivity index (χ2n) is 5.33. The van der Waals surface area contributed by atoms with Gasteiger partial charge in [0, 0.05) is 31.4 Å². The van der Waals surface area contributed by atoms with Gasteiger partial charge in [-0.1, -0.05) is 6.42 Å². The van der Waals surface area contributed by atoms with Crippen LogP contribution < -0.4 is 5.43 Å². The Labute approximate surface area is 113 Å². The molecule has 1 unspecified atom stereocenters. The fourth-order valence-electron chi connectivity index (χ4n) is 2.71. The molecule has 0 radical (unpaired) electrons. The molecular weight excluding hydrogens is 244 g/mol. The van der Waals surface area contributed by atoms with Crippen molar-refractivity contribution in [3.63, 3.8) is 0 Å². The van der Waals surface area contributed by atoms with Crippen molar-refractivity contribution >= 4 is 0 Å². The van der Waals surface area contributed by atoms with Gasteiger partial charge in [-0.05, 0) is 26.3 Å². The number of hydrogen-bond donors (Lipinski definition) is 2. The first kappa shape index (κ1) is 14.1. The quantitative estimate of drug-likeness (QED) is 0.855. The average molecular weight is 266 g/mol. The van der Waals surface area contributed by atoms with Crippen LogP contribution in [0, 0.1) is 0 Å². The van der Waals surface area contributed by atoms with Crippen molar-refractivity contribution in [3.8, 4) is 5.75 Å². The average Bonchev–Trinajstić information content (AvgIpc) is 2.41. The third-order valence-corrected chi connectivity index (χ3v) is 4.10. The molecule has 106 valence electrons. The van der Waals surface area contributed by atoms with Gasteiger partial charge in [0.1, 0.15) is 0 Å². The first-order valence-corrected chi connectivity index (χ1v) is 6.80. The molecule has 1 atom stereocenters. The van der Waals surface area contributed by atoms with E-state index in [9.17, 15) is 15.0 Å². The van der Waals surface area contributed by atoms with Crippen molar-refractivity contribution in [3.05, 3.63) is 27.7 Å². The van der Waals surface area contributed by atoms with Gasteiger partial charge in [0.25, 0.3) is 0 Å². The van der Waals surface area contributed by atoms with Gasteiger partial charge in [-0.25, -0.2) is 0 Å². The van der Waals surface area contributed by atoms with Crippen LogP contribution in [0.4, 0.5) is 0 Å². The third-order valence-electron chi connectivity index (χ3n) is 4.10. The van der Waals surface area contributed by atoms with Gasteiger partial charge in [-0.15, -0.1) is 0 Å². The van der Waals surface area contributed by atoms with E-state index in [1.54, 1.807) is 11.6 Å². The molecule has 0 saturated carbocycles. The van der Waals surface area contributed by atoms with Gasteiger partial charge < -0.3 is 14.8 Å². The summed E-state index contributed by atoms with van der Waals surface area (Å²) in [5.74, 6) is -0.197. The smallest absolute Gasteiger partial charge is 0.223 e. The van der Waals surface area contributed by atoms with Crippen LogP contribution in [-0.2, 0) is 20.2 Å². The zero-order valence-electron chi connectivity index (χ0n) is 11.6. The lowest BCUT2D eigenvalue weighted by Crippen LogP contribution is -2.38. The van der Waals surface area contributed by atoms with Crippen LogP contribution in [0.5, 0.6) is 5.75 Å². The molecule has 19 heavy (non-hydrogen) atoms. The Morgan fingerprint density at radius 3 is 2.79 bits per heavy atom. The highest BCUT2D eigenvalue weighted by atomic mass is 16.3. The number of hydrogen-bond acceptors (Lipinski definition) is 4. The van der Waals surface area contributed by atoms with E-state index in [1.807, 2.05) is 0 Å². The molecule has 1 aliphatic rings. The SMILES string of the molecule is CC1CCCCN1Cc1c(O)c(=O)cc(CO)n1C. The Morgan fingerprint density at radius 2 is 2.16 bits per heavy atom. The number of aromatic hydroxyl groups is 1. The molecule has 0 spiro atoms. The van der Waals surface area contributed by atoms with Gasteiger partial charge in [0.2, 0.25) is 5.43 Å². The van der Waals surface area contributed by atoms with Crippen molar-refractivity contribution in [1.82, 2.24) is 9.47 Å². The van der Waals surface area contributed by atoms with Crippen LogP contribution in [0.2, 0.25) is 0 Å². The van der Waals surface area contributed by atoms with E-state index in [1.165, 1.54) is 12.5 Å². The van der Waals surface area contributed by atoms with Crippen LogP contribution in [0.15, 0.2) is 10.9 Å². The summed E-state index contributed by atoms with van der Waals surface area (Å²) in [6, 6.07) is 1.75. The summed E-state index contributed by atoms with van der Waals surface area (Å²) < 4.78 is 1.72. The van der Waals surface area contributed by atoms with Crippen molar-refractivity contribution < 1.29 is 10.2 Å². The molecule has 1 aromatic heterocycles. The van der Waals surface area contributed by atoms with Crippen LogP contribution in [0.1, 0.15) is 37.6 Å². The van der Waals surface area contributed by atoms with E-state index in [4.69, 9.17) is 0 Å². The molecule has 5 nitrogen and oxygen atoms in total. The largest absolute Gasteiger partial charge is 0.503 e. The Balaban J connectivity index is 2.33. The predicted molar refractivity (Wildman–Crippen MR) is 73.0 cm³/mol. The van der Waals surface area contributed by atoms with E-state index in [0.717, 1.165) is 19.4 Å². The molecule has 0 aromatic carbocycles. The van der Waals surface area contributed by atoms with Gasteiger partial charge >= 0.3 is 0 Å². The first-order valence-electron chi connectivity index (χ1n) is 6.80. The summed E-state index contributed by atoms with van der Waals surface area (Å²) in [5.41, 5.74) is 0.703. The lowest BCUT2D eigenvalue weighted by atomic mass is 10.0. The summed E-state index contributed by atoms with van der Waals surface area (Å²) in [6.07, 6.45) is 3.53. The molecule has 2 heterocycles. The number of piperidine rings is 1. The maximum absolute atomic E-state index is 11.7. The zero-order chi connectivity index (χ0) is 14.0. The number of aliphatic hydroxyl groups excluding tert-OH is 1. The zero-order valence-corrected chi connectivity index (χ0v) is 11.6. The minimum absolute atomic E-state index is 0.197.